The number of hydrogen-bond donors (Lipinski definition) is 9. The van der Waals surface area contributed by atoms with Gasteiger partial charge in [-0.3, -0.25) is 28.8 Å². The Balaban J connectivity index is 5.52. The molecule has 0 aromatic carbocycles. The van der Waals surface area contributed by atoms with Crippen molar-refractivity contribution >= 4 is 41.6 Å². The van der Waals surface area contributed by atoms with E-state index in [0.717, 1.165) is 6.92 Å². The molecule has 0 saturated heterocycles. The molecule has 5 unspecified atom stereocenters. The zero-order valence-electron chi connectivity index (χ0n) is 17.4. The van der Waals surface area contributed by atoms with Gasteiger partial charge in [0.15, 0.2) is 0 Å². The highest BCUT2D eigenvalue weighted by Crippen LogP contribution is 2.04. The molecule has 5 atom stereocenters. The number of aliphatic hydroxyl groups excluding tert-OH is 1. The van der Waals surface area contributed by atoms with E-state index in [1.54, 1.807) is 0 Å². The summed E-state index contributed by atoms with van der Waals surface area (Å²) in [5.74, 6) is -9.54. The maximum atomic E-state index is 12.6. The zero-order chi connectivity index (χ0) is 25.9. The largest absolute Gasteiger partial charge is 0.481 e. The number of carboxylic acid groups (broad SMARTS) is 4. The highest BCUT2D eigenvalue weighted by atomic mass is 16.4. The van der Waals surface area contributed by atoms with E-state index >= 15 is 0 Å². The smallest absolute Gasteiger partial charge is 0.326 e. The average molecular weight is 478 g/mol. The van der Waals surface area contributed by atoms with Crippen molar-refractivity contribution in [2.45, 2.75) is 62.9 Å². The number of aliphatic carboxylic acids is 4. The van der Waals surface area contributed by atoms with E-state index in [9.17, 15) is 38.7 Å². The van der Waals surface area contributed by atoms with Crippen molar-refractivity contribution in [2.24, 2.45) is 5.73 Å². The lowest BCUT2D eigenvalue weighted by Crippen LogP contribution is -2.60. The molecule has 0 bridgehead atoms. The lowest BCUT2D eigenvalue weighted by molar-refractivity contribution is -0.148. The number of aliphatic hydroxyl groups is 1. The number of carboxylic acids is 4. The second kappa shape index (κ2) is 13.6. The number of nitrogens with one attached hydrogen (secondary N) is 3. The third-order valence-electron chi connectivity index (χ3n) is 4.07. The average Bonchev–Trinajstić information content (AvgIpc) is 2.66. The summed E-state index contributed by atoms with van der Waals surface area (Å²) >= 11 is 0. The number of rotatable bonds is 15. The lowest BCUT2D eigenvalue weighted by atomic mass is 10.1. The Labute approximate surface area is 186 Å². The van der Waals surface area contributed by atoms with E-state index < -0.39 is 97.6 Å². The monoisotopic (exact) mass is 478 g/mol. The number of carbonyl (C=O) groups excluding carboxylic acids is 3. The summed E-state index contributed by atoms with van der Waals surface area (Å²) in [6.07, 6.45) is -4.55. The molecule has 186 valence electrons. The zero-order valence-corrected chi connectivity index (χ0v) is 17.4. The predicted molar refractivity (Wildman–Crippen MR) is 104 cm³/mol. The molecule has 16 heteroatoms. The minimum Gasteiger partial charge on any atom is -0.481 e. The highest BCUT2D eigenvalue weighted by Gasteiger charge is 2.33. The fourth-order valence-electron chi connectivity index (χ4n) is 2.39. The standard InChI is InChI=1S/C17H26N4O12/c1-6(22)13(16(31)20-9(17(32)33)5-12(27)28)21-15(30)8(2-3-10(23)24)19-14(29)7(18)4-11(25)26/h6-9,13,22H,2-5,18H2,1H3,(H,19,29)(H,20,31)(H,21,30)(H,23,24)(H,25,26)(H,27,28)(H,32,33). The first-order valence-corrected chi connectivity index (χ1v) is 9.38. The summed E-state index contributed by atoms with van der Waals surface area (Å²) in [6, 6.07) is -6.89. The first-order valence-electron chi connectivity index (χ1n) is 9.38. The van der Waals surface area contributed by atoms with Gasteiger partial charge in [0.05, 0.1) is 25.0 Å². The van der Waals surface area contributed by atoms with Gasteiger partial charge in [0.1, 0.15) is 18.1 Å². The third kappa shape index (κ3) is 11.4. The van der Waals surface area contributed by atoms with Gasteiger partial charge >= 0.3 is 23.9 Å². The minimum atomic E-state index is -1.88. The Kier molecular flexibility index (Phi) is 12.0. The normalized spacial score (nSPS) is 15.1. The SMILES string of the molecule is CC(O)C(NC(=O)C(CCC(=O)O)NC(=O)C(N)CC(=O)O)C(=O)NC(CC(=O)O)C(=O)O. The van der Waals surface area contributed by atoms with Crippen molar-refractivity contribution in [2.75, 3.05) is 0 Å². The Hall–Kier alpha value is -3.79. The van der Waals surface area contributed by atoms with Gasteiger partial charge in [0.25, 0.3) is 0 Å². The minimum absolute atomic E-state index is 0.502. The van der Waals surface area contributed by atoms with Crippen LogP contribution in [-0.2, 0) is 33.6 Å². The van der Waals surface area contributed by atoms with Crippen molar-refractivity contribution < 1.29 is 59.1 Å². The molecule has 16 nitrogen and oxygen atoms in total. The summed E-state index contributed by atoms with van der Waals surface area (Å²) in [5, 5.41) is 51.0. The highest BCUT2D eigenvalue weighted by molar-refractivity contribution is 5.95. The molecule has 3 amide bonds. The van der Waals surface area contributed by atoms with Crippen LogP contribution in [0.1, 0.15) is 32.6 Å². The van der Waals surface area contributed by atoms with Gasteiger partial charge in [-0.15, -0.1) is 0 Å². The lowest BCUT2D eigenvalue weighted by Gasteiger charge is -2.26. The molecule has 33 heavy (non-hydrogen) atoms. The molecule has 0 heterocycles. The molecule has 0 aliphatic carbocycles. The van der Waals surface area contributed by atoms with Crippen LogP contribution in [0.5, 0.6) is 0 Å². The number of amides is 3. The van der Waals surface area contributed by atoms with Crippen LogP contribution in [0.2, 0.25) is 0 Å². The maximum Gasteiger partial charge on any atom is 0.326 e. The van der Waals surface area contributed by atoms with Gasteiger partial charge in [-0.25, -0.2) is 4.79 Å². The van der Waals surface area contributed by atoms with Crippen LogP contribution < -0.4 is 21.7 Å². The molecular formula is C17H26N4O12. The van der Waals surface area contributed by atoms with E-state index in [2.05, 4.69) is 5.32 Å². The molecule has 0 aromatic rings. The van der Waals surface area contributed by atoms with Gasteiger partial charge in [-0.05, 0) is 13.3 Å². The van der Waals surface area contributed by atoms with Crippen LogP contribution >= 0.6 is 0 Å². The molecule has 0 aliphatic rings. The van der Waals surface area contributed by atoms with Crippen LogP contribution in [0.25, 0.3) is 0 Å². The number of nitrogens with two attached hydrogens (primary N) is 1. The van der Waals surface area contributed by atoms with Crippen LogP contribution in [0, 0.1) is 0 Å². The molecule has 0 rings (SSSR count). The molecule has 0 saturated carbocycles. The fraction of sp³-hybridized carbons (Fsp3) is 0.588. The molecular weight excluding hydrogens is 452 g/mol. The number of carbonyl (C=O) groups is 7. The van der Waals surface area contributed by atoms with Crippen molar-refractivity contribution in [3.63, 3.8) is 0 Å². The molecule has 0 aromatic heterocycles. The van der Waals surface area contributed by atoms with Gasteiger partial charge in [-0.2, -0.15) is 0 Å². The molecule has 0 fully saturated rings. The predicted octanol–water partition coefficient (Wildman–Crippen LogP) is -3.95. The van der Waals surface area contributed by atoms with E-state index in [4.69, 9.17) is 26.2 Å². The summed E-state index contributed by atoms with van der Waals surface area (Å²) in [5.41, 5.74) is 5.39. The van der Waals surface area contributed by atoms with Gasteiger partial charge in [0.2, 0.25) is 17.7 Å². The van der Waals surface area contributed by atoms with Crippen molar-refractivity contribution in [1.29, 1.82) is 0 Å². The van der Waals surface area contributed by atoms with E-state index in [-0.39, 0.29) is 0 Å². The topological polar surface area (TPSA) is 283 Å². The third-order valence-corrected chi connectivity index (χ3v) is 4.07. The first-order chi connectivity index (χ1) is 15.1. The molecule has 0 radical (unpaired) electrons. The molecule has 10 N–H and O–H groups in total. The van der Waals surface area contributed by atoms with Crippen molar-refractivity contribution in [3.8, 4) is 0 Å². The van der Waals surface area contributed by atoms with Crippen LogP contribution in [0.3, 0.4) is 0 Å². The maximum absolute atomic E-state index is 12.6. The van der Waals surface area contributed by atoms with Crippen LogP contribution in [0.4, 0.5) is 0 Å². The summed E-state index contributed by atoms with van der Waals surface area (Å²) < 4.78 is 0. The quantitative estimate of drug-likeness (QED) is 0.109. The second-order valence-electron chi connectivity index (χ2n) is 6.92. The summed E-state index contributed by atoms with van der Waals surface area (Å²) in [6.45, 7) is 1.05. The van der Waals surface area contributed by atoms with Gasteiger partial charge < -0.3 is 47.2 Å². The molecule has 0 spiro atoms. The first kappa shape index (κ1) is 29.2. The molecule has 0 aliphatic heterocycles. The Bertz CT molecular complexity index is 784. The van der Waals surface area contributed by atoms with Crippen LogP contribution in [-0.4, -0.2) is 97.4 Å². The fourth-order valence-corrected chi connectivity index (χ4v) is 2.39. The van der Waals surface area contributed by atoms with Gasteiger partial charge in [0, 0.05) is 6.42 Å². The van der Waals surface area contributed by atoms with Crippen LogP contribution in [0.15, 0.2) is 0 Å². The van der Waals surface area contributed by atoms with Crippen molar-refractivity contribution in [3.05, 3.63) is 0 Å². The number of hydrogen-bond acceptors (Lipinski definition) is 9. The summed E-state index contributed by atoms with van der Waals surface area (Å²) in [4.78, 5) is 80.4. The van der Waals surface area contributed by atoms with Crippen molar-refractivity contribution in [1.82, 2.24) is 16.0 Å². The van der Waals surface area contributed by atoms with Gasteiger partial charge in [-0.1, -0.05) is 0 Å². The van der Waals surface area contributed by atoms with E-state index in [1.807, 2.05) is 10.6 Å². The van der Waals surface area contributed by atoms with E-state index in [0.29, 0.717) is 0 Å². The Morgan fingerprint density at radius 1 is 0.727 bits per heavy atom. The Morgan fingerprint density at radius 3 is 1.67 bits per heavy atom. The van der Waals surface area contributed by atoms with E-state index in [1.165, 1.54) is 0 Å². The Morgan fingerprint density at radius 2 is 1.24 bits per heavy atom. The summed E-state index contributed by atoms with van der Waals surface area (Å²) in [7, 11) is 0. The second-order valence-corrected chi connectivity index (χ2v) is 6.92.